The predicted molar refractivity (Wildman–Crippen MR) is 115 cm³/mol. The van der Waals surface area contributed by atoms with Crippen molar-refractivity contribution in [3.63, 3.8) is 0 Å². The Bertz CT molecular complexity index is 752. The fourth-order valence-corrected chi connectivity index (χ4v) is 2.82. The third-order valence-corrected chi connectivity index (χ3v) is 4.06. The van der Waals surface area contributed by atoms with Crippen LogP contribution in [0.2, 0.25) is 0 Å². The zero-order valence-corrected chi connectivity index (χ0v) is 15.9. The normalized spacial score (nSPS) is 9.96. The molecule has 3 aromatic rings. The lowest BCUT2D eigenvalue weighted by Gasteiger charge is -2.18. The van der Waals surface area contributed by atoms with Crippen molar-refractivity contribution in [3.8, 4) is 0 Å². The molecule has 3 rings (SSSR count). The van der Waals surface area contributed by atoms with Gasteiger partial charge in [0.25, 0.3) is 0 Å². The summed E-state index contributed by atoms with van der Waals surface area (Å²) in [7, 11) is 0. The number of allylic oxidation sites excluding steroid dienone is 1. The van der Waals surface area contributed by atoms with Gasteiger partial charge in [-0.1, -0.05) is 103 Å². The van der Waals surface area contributed by atoms with Crippen LogP contribution in [0.3, 0.4) is 0 Å². The van der Waals surface area contributed by atoms with Gasteiger partial charge in [-0.25, -0.2) is 0 Å². The van der Waals surface area contributed by atoms with Crippen LogP contribution < -0.4 is 0 Å². The van der Waals surface area contributed by atoms with Crippen molar-refractivity contribution < 1.29 is 0 Å². The molecule has 0 N–H and O–H groups in total. The van der Waals surface area contributed by atoms with Gasteiger partial charge in [0.2, 0.25) is 0 Å². The van der Waals surface area contributed by atoms with Gasteiger partial charge in [0.05, 0.1) is 0 Å². The third kappa shape index (κ3) is 6.22. The van der Waals surface area contributed by atoms with Gasteiger partial charge in [-0.3, -0.25) is 0 Å². The smallest absolute Gasteiger partial charge is 0.0130 e. The lowest BCUT2D eigenvalue weighted by molar-refractivity contribution is 0.805. The highest BCUT2D eigenvalue weighted by molar-refractivity contribution is 5.47. The maximum Gasteiger partial charge on any atom is 0.0130 e. The standard InChI is InChI=1S/C22H20.C4H8/c1-2-18-13-15-19(16-14-18)17-22(20-9-5-3-6-10-20)21-11-7-4-8-12-21;1-4(2)3/h2-16,22H,1,17H2;1H2,2-3H3. The second kappa shape index (κ2) is 10.2. The van der Waals surface area contributed by atoms with Crippen molar-refractivity contribution in [1.82, 2.24) is 0 Å². The summed E-state index contributed by atoms with van der Waals surface area (Å²) in [5.41, 5.74) is 6.41. The fourth-order valence-electron chi connectivity index (χ4n) is 2.82. The second-order valence-electron chi connectivity index (χ2n) is 6.73. The summed E-state index contributed by atoms with van der Waals surface area (Å²) >= 11 is 0. The average Bonchev–Trinajstić information content (AvgIpc) is 2.67. The summed E-state index contributed by atoms with van der Waals surface area (Å²) in [5, 5.41) is 0. The van der Waals surface area contributed by atoms with Crippen molar-refractivity contribution in [2.75, 3.05) is 0 Å². The highest BCUT2D eigenvalue weighted by Gasteiger charge is 2.14. The topological polar surface area (TPSA) is 0 Å². The minimum absolute atomic E-state index is 0.386. The zero-order valence-electron chi connectivity index (χ0n) is 15.9. The van der Waals surface area contributed by atoms with Gasteiger partial charge in [0.1, 0.15) is 0 Å². The predicted octanol–water partition coefficient (Wildman–Crippen LogP) is 7.29. The molecule has 0 aliphatic carbocycles. The van der Waals surface area contributed by atoms with Crippen molar-refractivity contribution in [2.24, 2.45) is 0 Å². The molecule has 0 saturated carbocycles. The van der Waals surface area contributed by atoms with Gasteiger partial charge >= 0.3 is 0 Å². The maximum absolute atomic E-state index is 3.82. The molecule has 0 aliphatic rings. The molecule has 0 nitrogen and oxygen atoms in total. The first-order valence-corrected chi connectivity index (χ1v) is 9.03. The van der Waals surface area contributed by atoms with Crippen LogP contribution >= 0.6 is 0 Å². The SMILES string of the molecule is C=C(C)C.C=Cc1ccc(CC(c2ccccc2)c2ccccc2)cc1. The van der Waals surface area contributed by atoms with Gasteiger partial charge in [-0.05, 0) is 42.5 Å². The van der Waals surface area contributed by atoms with E-state index in [0.29, 0.717) is 5.92 Å². The molecule has 0 amide bonds. The highest BCUT2D eigenvalue weighted by Crippen LogP contribution is 2.28. The molecule has 0 heteroatoms. The molecule has 0 heterocycles. The van der Waals surface area contributed by atoms with Crippen LogP contribution in [-0.4, -0.2) is 0 Å². The molecule has 0 aromatic heterocycles. The van der Waals surface area contributed by atoms with Crippen LogP contribution in [0.15, 0.2) is 104 Å². The Kier molecular flexibility index (Phi) is 7.64. The van der Waals surface area contributed by atoms with E-state index in [1.165, 1.54) is 27.8 Å². The Morgan fingerprint density at radius 1 is 0.769 bits per heavy atom. The molecule has 0 aliphatic heterocycles. The molecule has 3 aromatic carbocycles. The molecule has 0 atom stereocenters. The molecule has 0 fully saturated rings. The van der Waals surface area contributed by atoms with Gasteiger partial charge in [0.15, 0.2) is 0 Å². The van der Waals surface area contributed by atoms with E-state index in [1.807, 2.05) is 19.9 Å². The maximum atomic E-state index is 3.82. The summed E-state index contributed by atoms with van der Waals surface area (Å²) in [4.78, 5) is 0. The minimum Gasteiger partial charge on any atom is -0.100 e. The van der Waals surface area contributed by atoms with Crippen LogP contribution in [0.5, 0.6) is 0 Å². The summed E-state index contributed by atoms with van der Waals surface area (Å²) in [5.74, 6) is 0.386. The van der Waals surface area contributed by atoms with Gasteiger partial charge < -0.3 is 0 Å². The fraction of sp³-hybridized carbons (Fsp3) is 0.154. The quantitative estimate of drug-likeness (QED) is 0.428. The number of hydrogen-bond donors (Lipinski definition) is 0. The van der Waals surface area contributed by atoms with Crippen molar-refractivity contribution in [2.45, 2.75) is 26.2 Å². The van der Waals surface area contributed by atoms with Crippen LogP contribution in [0, 0.1) is 0 Å². The summed E-state index contributed by atoms with van der Waals surface area (Å²) < 4.78 is 0. The van der Waals surface area contributed by atoms with E-state index in [9.17, 15) is 0 Å². The first-order chi connectivity index (χ1) is 12.6. The average molecular weight is 341 g/mol. The molecule has 132 valence electrons. The number of hydrogen-bond acceptors (Lipinski definition) is 0. The van der Waals surface area contributed by atoms with Gasteiger partial charge in [-0.2, -0.15) is 0 Å². The van der Waals surface area contributed by atoms with Crippen LogP contribution in [0.4, 0.5) is 0 Å². The molecular formula is C26H28. The molecule has 0 radical (unpaired) electrons. The van der Waals surface area contributed by atoms with E-state index in [2.05, 4.69) is 98.1 Å². The van der Waals surface area contributed by atoms with E-state index in [1.54, 1.807) is 0 Å². The second-order valence-corrected chi connectivity index (χ2v) is 6.73. The van der Waals surface area contributed by atoms with Crippen molar-refractivity contribution >= 4 is 6.08 Å². The zero-order chi connectivity index (χ0) is 18.8. The van der Waals surface area contributed by atoms with Crippen molar-refractivity contribution in [3.05, 3.63) is 126 Å². The van der Waals surface area contributed by atoms with E-state index < -0.39 is 0 Å². The van der Waals surface area contributed by atoms with E-state index in [4.69, 9.17) is 0 Å². The first kappa shape index (κ1) is 19.5. The van der Waals surface area contributed by atoms with Gasteiger partial charge in [-0.15, -0.1) is 6.58 Å². The Hall–Kier alpha value is -2.86. The monoisotopic (exact) mass is 340 g/mol. The Morgan fingerprint density at radius 2 is 1.19 bits per heavy atom. The lowest BCUT2D eigenvalue weighted by Crippen LogP contribution is -2.05. The van der Waals surface area contributed by atoms with E-state index >= 15 is 0 Å². The summed E-state index contributed by atoms with van der Waals surface area (Å²) in [6.45, 7) is 11.3. The Morgan fingerprint density at radius 3 is 1.58 bits per heavy atom. The first-order valence-electron chi connectivity index (χ1n) is 9.03. The number of rotatable bonds is 5. The van der Waals surface area contributed by atoms with Gasteiger partial charge in [0, 0.05) is 5.92 Å². The molecular weight excluding hydrogens is 312 g/mol. The van der Waals surface area contributed by atoms with Crippen LogP contribution in [-0.2, 0) is 6.42 Å². The van der Waals surface area contributed by atoms with E-state index in [0.717, 1.165) is 6.42 Å². The molecule has 0 bridgehead atoms. The highest BCUT2D eigenvalue weighted by atomic mass is 14.2. The molecule has 0 unspecified atom stereocenters. The van der Waals surface area contributed by atoms with Crippen LogP contribution in [0.25, 0.3) is 6.08 Å². The minimum atomic E-state index is 0.386. The van der Waals surface area contributed by atoms with Crippen LogP contribution in [0.1, 0.15) is 42.0 Å². The third-order valence-electron chi connectivity index (χ3n) is 4.06. The molecule has 0 saturated heterocycles. The van der Waals surface area contributed by atoms with E-state index in [-0.39, 0.29) is 0 Å². The van der Waals surface area contributed by atoms with Crippen molar-refractivity contribution in [1.29, 1.82) is 0 Å². The molecule has 26 heavy (non-hydrogen) atoms. The summed E-state index contributed by atoms with van der Waals surface area (Å²) in [6.07, 6.45) is 2.89. The Balaban J connectivity index is 0.000000552. The number of benzene rings is 3. The molecule has 0 spiro atoms. The Labute approximate surface area is 158 Å². The summed E-state index contributed by atoms with van der Waals surface area (Å²) in [6, 6.07) is 30.2. The largest absolute Gasteiger partial charge is 0.100 e. The lowest BCUT2D eigenvalue weighted by atomic mass is 9.86.